The summed E-state index contributed by atoms with van der Waals surface area (Å²) >= 11 is 6.17. The fourth-order valence-corrected chi connectivity index (χ4v) is 3.54. The van der Waals surface area contributed by atoms with Gasteiger partial charge in [-0.3, -0.25) is 19.0 Å². The predicted molar refractivity (Wildman–Crippen MR) is 116 cm³/mol. The largest absolute Gasteiger partial charge is 0.456 e. The van der Waals surface area contributed by atoms with Crippen LogP contribution in [0.4, 0.5) is 5.69 Å². The van der Waals surface area contributed by atoms with Crippen molar-refractivity contribution in [2.75, 3.05) is 11.9 Å². The van der Waals surface area contributed by atoms with Crippen molar-refractivity contribution in [3.63, 3.8) is 0 Å². The fraction of sp³-hybridized carbons (Fsp3) is 0.273. The van der Waals surface area contributed by atoms with E-state index >= 15 is 0 Å². The molecule has 0 radical (unpaired) electrons. The van der Waals surface area contributed by atoms with Crippen LogP contribution in [0.5, 0.6) is 0 Å². The number of halogens is 1. The first-order valence-electron chi connectivity index (χ1n) is 9.43. The first-order chi connectivity index (χ1) is 14.3. The molecule has 1 amide bonds. The summed E-state index contributed by atoms with van der Waals surface area (Å²) < 4.78 is 6.47. The van der Waals surface area contributed by atoms with Crippen LogP contribution in [-0.4, -0.2) is 28.0 Å². The second kappa shape index (κ2) is 9.09. The first kappa shape index (κ1) is 21.5. The Kier molecular flexibility index (Phi) is 6.52. The van der Waals surface area contributed by atoms with Crippen LogP contribution in [0.15, 0.2) is 41.2 Å². The number of rotatable bonds is 6. The Hall–Kier alpha value is -3.19. The molecule has 0 aliphatic rings. The van der Waals surface area contributed by atoms with Gasteiger partial charge < -0.3 is 10.1 Å². The number of nitrogens with zero attached hydrogens (tertiary/aromatic N) is 2. The van der Waals surface area contributed by atoms with E-state index in [9.17, 15) is 14.4 Å². The first-order valence-corrected chi connectivity index (χ1v) is 9.81. The quantitative estimate of drug-likeness (QED) is 0.609. The number of anilines is 1. The maximum absolute atomic E-state index is 12.4. The van der Waals surface area contributed by atoms with E-state index in [2.05, 4.69) is 10.3 Å². The number of amides is 1. The average molecular weight is 428 g/mol. The zero-order valence-corrected chi connectivity index (χ0v) is 17.7. The van der Waals surface area contributed by atoms with E-state index in [4.69, 9.17) is 16.3 Å². The third-order valence-electron chi connectivity index (χ3n) is 4.69. The second-order valence-electron chi connectivity index (χ2n) is 7.06. The number of aryl methyl sites for hydroxylation is 3. The Balaban J connectivity index is 1.57. The zero-order chi connectivity index (χ0) is 21.8. The van der Waals surface area contributed by atoms with Crippen LogP contribution < -0.4 is 10.9 Å². The standard InChI is InChI=1S/C22H22ClN3O4/c1-13-10-14(2)21(16(23)11-13)25-19(27)12-30-20(28)9-8-18-24-17-7-5-4-6-15(17)22(29)26(18)3/h4-7,10-11H,8-9,12H2,1-3H3,(H,25,27). The lowest BCUT2D eigenvalue weighted by Crippen LogP contribution is -2.24. The molecule has 8 heteroatoms. The monoisotopic (exact) mass is 427 g/mol. The molecule has 0 fully saturated rings. The maximum Gasteiger partial charge on any atom is 0.306 e. The lowest BCUT2D eigenvalue weighted by Gasteiger charge is -2.12. The summed E-state index contributed by atoms with van der Waals surface area (Å²) in [5.74, 6) is -0.560. The Labute approximate surface area is 178 Å². The molecular formula is C22H22ClN3O4. The number of hydrogen-bond acceptors (Lipinski definition) is 5. The van der Waals surface area contributed by atoms with Crippen molar-refractivity contribution >= 4 is 40.1 Å². The molecule has 1 N–H and O–H groups in total. The number of benzene rings is 2. The van der Waals surface area contributed by atoms with Gasteiger partial charge in [-0.1, -0.05) is 29.8 Å². The van der Waals surface area contributed by atoms with Gasteiger partial charge in [0.1, 0.15) is 5.82 Å². The van der Waals surface area contributed by atoms with Crippen LogP contribution in [-0.2, 0) is 27.8 Å². The van der Waals surface area contributed by atoms with E-state index in [1.165, 1.54) is 4.57 Å². The van der Waals surface area contributed by atoms with Gasteiger partial charge in [-0.05, 0) is 43.2 Å². The lowest BCUT2D eigenvalue weighted by atomic mass is 10.1. The van der Waals surface area contributed by atoms with E-state index in [1.54, 1.807) is 37.4 Å². The summed E-state index contributed by atoms with van der Waals surface area (Å²) in [6.07, 6.45) is 0.218. The molecule has 0 saturated carbocycles. The SMILES string of the molecule is Cc1cc(C)c(NC(=O)COC(=O)CCc2nc3ccccc3c(=O)n2C)c(Cl)c1. The van der Waals surface area contributed by atoms with E-state index < -0.39 is 18.5 Å². The summed E-state index contributed by atoms with van der Waals surface area (Å²) in [6.45, 7) is 3.32. The molecule has 2 aromatic carbocycles. The van der Waals surface area contributed by atoms with Crippen molar-refractivity contribution < 1.29 is 14.3 Å². The summed E-state index contributed by atoms with van der Waals surface area (Å²) in [5, 5.41) is 3.61. The maximum atomic E-state index is 12.4. The van der Waals surface area contributed by atoms with Gasteiger partial charge >= 0.3 is 5.97 Å². The van der Waals surface area contributed by atoms with Crippen LogP contribution in [0, 0.1) is 13.8 Å². The number of carbonyl (C=O) groups is 2. The highest BCUT2D eigenvalue weighted by Gasteiger charge is 2.14. The molecule has 1 aromatic heterocycles. The highest BCUT2D eigenvalue weighted by atomic mass is 35.5. The number of esters is 1. The second-order valence-corrected chi connectivity index (χ2v) is 7.46. The Morgan fingerprint density at radius 3 is 2.67 bits per heavy atom. The van der Waals surface area contributed by atoms with Crippen LogP contribution in [0.1, 0.15) is 23.4 Å². The van der Waals surface area contributed by atoms with Gasteiger partial charge in [0.25, 0.3) is 11.5 Å². The van der Waals surface area contributed by atoms with Crippen molar-refractivity contribution in [2.24, 2.45) is 7.05 Å². The normalized spacial score (nSPS) is 10.8. The van der Waals surface area contributed by atoms with Crippen molar-refractivity contribution in [1.82, 2.24) is 9.55 Å². The molecular weight excluding hydrogens is 406 g/mol. The van der Waals surface area contributed by atoms with Crippen LogP contribution in [0.25, 0.3) is 10.9 Å². The van der Waals surface area contributed by atoms with E-state index in [0.29, 0.717) is 27.4 Å². The Morgan fingerprint density at radius 2 is 1.93 bits per heavy atom. The molecule has 0 aliphatic heterocycles. The van der Waals surface area contributed by atoms with Crippen molar-refractivity contribution in [3.05, 3.63) is 68.7 Å². The summed E-state index contributed by atoms with van der Waals surface area (Å²) in [4.78, 5) is 41.0. The average Bonchev–Trinajstić information content (AvgIpc) is 2.70. The fourth-order valence-electron chi connectivity index (χ4n) is 3.17. The van der Waals surface area contributed by atoms with Crippen LogP contribution >= 0.6 is 11.6 Å². The molecule has 3 aromatic rings. The predicted octanol–water partition coefficient (Wildman–Crippen LogP) is 3.32. The molecule has 156 valence electrons. The van der Waals surface area contributed by atoms with Gasteiger partial charge in [-0.15, -0.1) is 0 Å². The third kappa shape index (κ3) is 4.86. The van der Waals surface area contributed by atoms with E-state index in [0.717, 1.165) is 11.1 Å². The zero-order valence-electron chi connectivity index (χ0n) is 17.0. The van der Waals surface area contributed by atoms with Crippen LogP contribution in [0.2, 0.25) is 5.02 Å². The molecule has 0 bridgehead atoms. The smallest absolute Gasteiger partial charge is 0.306 e. The molecule has 0 aliphatic carbocycles. The van der Waals surface area contributed by atoms with Gasteiger partial charge in [0.05, 0.1) is 28.0 Å². The van der Waals surface area contributed by atoms with Gasteiger partial charge in [-0.2, -0.15) is 0 Å². The van der Waals surface area contributed by atoms with Crippen molar-refractivity contribution in [3.8, 4) is 0 Å². The van der Waals surface area contributed by atoms with E-state index in [-0.39, 0.29) is 18.4 Å². The highest BCUT2D eigenvalue weighted by Crippen LogP contribution is 2.27. The Bertz CT molecular complexity index is 1160. The van der Waals surface area contributed by atoms with Crippen molar-refractivity contribution in [1.29, 1.82) is 0 Å². The van der Waals surface area contributed by atoms with Gasteiger partial charge in [0.2, 0.25) is 0 Å². The summed E-state index contributed by atoms with van der Waals surface area (Å²) in [5.41, 5.74) is 2.71. The number of carbonyl (C=O) groups excluding carboxylic acids is 2. The lowest BCUT2D eigenvalue weighted by molar-refractivity contribution is -0.147. The van der Waals surface area contributed by atoms with Gasteiger partial charge in [-0.25, -0.2) is 4.98 Å². The summed E-state index contributed by atoms with van der Waals surface area (Å²) in [6, 6.07) is 10.7. The highest BCUT2D eigenvalue weighted by molar-refractivity contribution is 6.34. The molecule has 0 saturated heterocycles. The number of hydrogen-bond donors (Lipinski definition) is 1. The minimum atomic E-state index is -0.556. The van der Waals surface area contributed by atoms with Crippen molar-refractivity contribution in [2.45, 2.75) is 26.7 Å². The molecule has 3 rings (SSSR count). The van der Waals surface area contributed by atoms with Crippen LogP contribution in [0.3, 0.4) is 0 Å². The number of para-hydroxylation sites is 1. The third-order valence-corrected chi connectivity index (χ3v) is 4.99. The topological polar surface area (TPSA) is 90.3 Å². The number of nitrogens with one attached hydrogen (secondary N) is 1. The van der Waals surface area contributed by atoms with Gasteiger partial charge in [0.15, 0.2) is 6.61 Å². The summed E-state index contributed by atoms with van der Waals surface area (Å²) in [7, 11) is 1.61. The number of aromatic nitrogens is 2. The number of fused-ring (bicyclic) bond motifs is 1. The number of ether oxygens (including phenoxy) is 1. The molecule has 30 heavy (non-hydrogen) atoms. The minimum absolute atomic E-state index is 0.00375. The molecule has 7 nitrogen and oxygen atoms in total. The molecule has 0 spiro atoms. The van der Waals surface area contributed by atoms with E-state index in [1.807, 2.05) is 19.9 Å². The molecule has 1 heterocycles. The Morgan fingerprint density at radius 1 is 1.20 bits per heavy atom. The minimum Gasteiger partial charge on any atom is -0.456 e. The molecule has 0 atom stereocenters. The van der Waals surface area contributed by atoms with Gasteiger partial charge in [0, 0.05) is 13.5 Å². The molecule has 0 unspecified atom stereocenters.